The molecule has 0 aromatic heterocycles. The monoisotopic (exact) mass is 202 g/mol. The summed E-state index contributed by atoms with van der Waals surface area (Å²) in [6.45, 7) is 6.00. The van der Waals surface area contributed by atoms with Crippen LogP contribution in [0.5, 0.6) is 0 Å². The molecule has 0 fully saturated rings. The minimum atomic E-state index is 0.599. The molecule has 0 unspecified atom stereocenters. The van der Waals surface area contributed by atoms with Crippen molar-refractivity contribution in [1.82, 2.24) is 4.90 Å². The Morgan fingerprint density at radius 3 is 2.73 bits per heavy atom. The molecule has 0 aliphatic carbocycles. The van der Waals surface area contributed by atoms with E-state index in [4.69, 9.17) is 5.26 Å². The van der Waals surface area contributed by atoms with Gasteiger partial charge < -0.3 is 4.90 Å². The fourth-order valence-corrected chi connectivity index (χ4v) is 1.58. The van der Waals surface area contributed by atoms with Crippen LogP contribution in [0.1, 0.15) is 23.1 Å². The van der Waals surface area contributed by atoms with E-state index in [1.54, 1.807) is 0 Å². The maximum atomic E-state index is 8.50. The van der Waals surface area contributed by atoms with Crippen LogP contribution in [0.4, 0.5) is 0 Å². The highest BCUT2D eigenvalue weighted by atomic mass is 15.1. The summed E-state index contributed by atoms with van der Waals surface area (Å²) in [6.07, 6.45) is 0.599. The van der Waals surface area contributed by atoms with Gasteiger partial charge in [0.05, 0.1) is 6.07 Å². The highest BCUT2D eigenvalue weighted by Gasteiger charge is 2.02. The van der Waals surface area contributed by atoms with Crippen molar-refractivity contribution in [3.05, 3.63) is 34.9 Å². The first-order valence-electron chi connectivity index (χ1n) is 5.25. The molecule has 15 heavy (non-hydrogen) atoms. The zero-order valence-electron chi connectivity index (χ0n) is 9.75. The van der Waals surface area contributed by atoms with Crippen molar-refractivity contribution >= 4 is 0 Å². The van der Waals surface area contributed by atoms with Crippen molar-refractivity contribution in [2.24, 2.45) is 0 Å². The van der Waals surface area contributed by atoms with E-state index in [0.717, 1.165) is 13.1 Å². The molecule has 0 saturated heterocycles. The first-order chi connectivity index (χ1) is 7.13. The molecule has 0 saturated carbocycles. The minimum absolute atomic E-state index is 0.599. The highest BCUT2D eigenvalue weighted by Crippen LogP contribution is 2.12. The van der Waals surface area contributed by atoms with E-state index in [9.17, 15) is 0 Å². The third-order valence-electron chi connectivity index (χ3n) is 2.55. The molecular formula is C13H18N2. The lowest BCUT2D eigenvalue weighted by Gasteiger charge is -2.16. The summed E-state index contributed by atoms with van der Waals surface area (Å²) >= 11 is 0. The van der Waals surface area contributed by atoms with Crippen molar-refractivity contribution in [3.63, 3.8) is 0 Å². The molecule has 1 aromatic rings. The third kappa shape index (κ3) is 3.73. The summed E-state index contributed by atoms with van der Waals surface area (Å²) in [5.74, 6) is 0. The van der Waals surface area contributed by atoms with Gasteiger partial charge in [-0.15, -0.1) is 0 Å². The molecule has 80 valence electrons. The molecule has 2 nitrogen and oxygen atoms in total. The molecule has 1 aromatic carbocycles. The lowest BCUT2D eigenvalue weighted by atomic mass is 10.1. The maximum absolute atomic E-state index is 8.50. The van der Waals surface area contributed by atoms with Gasteiger partial charge in [-0.3, -0.25) is 0 Å². The third-order valence-corrected chi connectivity index (χ3v) is 2.55. The van der Waals surface area contributed by atoms with Crippen molar-refractivity contribution in [2.75, 3.05) is 13.6 Å². The Balaban J connectivity index is 2.64. The van der Waals surface area contributed by atoms with Crippen LogP contribution in [0.15, 0.2) is 18.2 Å². The van der Waals surface area contributed by atoms with Gasteiger partial charge >= 0.3 is 0 Å². The molecule has 0 N–H and O–H groups in total. The number of hydrogen-bond acceptors (Lipinski definition) is 2. The van der Waals surface area contributed by atoms with Crippen LogP contribution >= 0.6 is 0 Å². The van der Waals surface area contributed by atoms with Crippen LogP contribution in [0.2, 0.25) is 0 Å². The standard InChI is InChI=1S/C13H18N2/c1-11-5-6-12(2)13(9-11)10-15(3)8-4-7-14/h5-6,9H,4,8,10H2,1-3H3. The van der Waals surface area contributed by atoms with E-state index in [2.05, 4.69) is 50.1 Å². The van der Waals surface area contributed by atoms with Gasteiger partial charge in [-0.1, -0.05) is 23.8 Å². The second-order valence-electron chi connectivity index (χ2n) is 4.08. The molecule has 0 aliphatic rings. The lowest BCUT2D eigenvalue weighted by Crippen LogP contribution is -2.19. The molecule has 0 heterocycles. The van der Waals surface area contributed by atoms with Crippen molar-refractivity contribution < 1.29 is 0 Å². The number of rotatable bonds is 4. The predicted octanol–water partition coefficient (Wildman–Crippen LogP) is 2.65. The molecule has 0 atom stereocenters. The fourth-order valence-electron chi connectivity index (χ4n) is 1.58. The Labute approximate surface area is 92.1 Å². The quantitative estimate of drug-likeness (QED) is 0.750. The van der Waals surface area contributed by atoms with Crippen LogP contribution < -0.4 is 0 Å². The molecule has 0 amide bonds. The molecule has 0 aliphatic heterocycles. The summed E-state index contributed by atoms with van der Waals surface area (Å²) in [5.41, 5.74) is 3.98. The van der Waals surface area contributed by atoms with Crippen LogP contribution in [0.25, 0.3) is 0 Å². The van der Waals surface area contributed by atoms with Crippen molar-refractivity contribution in [2.45, 2.75) is 26.8 Å². The molecule has 0 spiro atoms. The Bertz CT molecular complexity index is 363. The molecule has 0 bridgehead atoms. The van der Waals surface area contributed by atoms with E-state index in [0.29, 0.717) is 6.42 Å². The topological polar surface area (TPSA) is 27.0 Å². The van der Waals surface area contributed by atoms with Gasteiger partial charge in [-0.05, 0) is 32.0 Å². The average molecular weight is 202 g/mol. The van der Waals surface area contributed by atoms with Crippen LogP contribution in [-0.2, 0) is 6.54 Å². The largest absolute Gasteiger partial charge is 0.301 e. The number of nitriles is 1. The Kier molecular flexibility index (Phi) is 4.33. The summed E-state index contributed by atoms with van der Waals surface area (Å²) in [6, 6.07) is 8.68. The van der Waals surface area contributed by atoms with E-state index >= 15 is 0 Å². The normalized spacial score (nSPS) is 10.3. The summed E-state index contributed by atoms with van der Waals surface area (Å²) in [7, 11) is 2.05. The van der Waals surface area contributed by atoms with E-state index in [1.165, 1.54) is 16.7 Å². The summed E-state index contributed by atoms with van der Waals surface area (Å²) < 4.78 is 0. The lowest BCUT2D eigenvalue weighted by molar-refractivity contribution is 0.334. The zero-order valence-corrected chi connectivity index (χ0v) is 9.75. The number of aryl methyl sites for hydroxylation is 2. The number of nitrogens with zero attached hydrogens (tertiary/aromatic N) is 2. The Hall–Kier alpha value is -1.33. The summed E-state index contributed by atoms with van der Waals surface area (Å²) in [4.78, 5) is 2.19. The summed E-state index contributed by atoms with van der Waals surface area (Å²) in [5, 5.41) is 8.50. The molecule has 1 rings (SSSR count). The minimum Gasteiger partial charge on any atom is -0.301 e. The molecule has 2 heteroatoms. The first-order valence-corrected chi connectivity index (χ1v) is 5.25. The predicted molar refractivity (Wildman–Crippen MR) is 62.5 cm³/mol. The van der Waals surface area contributed by atoms with Gasteiger partial charge in [0.1, 0.15) is 0 Å². The van der Waals surface area contributed by atoms with Crippen LogP contribution in [0, 0.1) is 25.2 Å². The Morgan fingerprint density at radius 1 is 1.33 bits per heavy atom. The van der Waals surface area contributed by atoms with Gasteiger partial charge in [-0.25, -0.2) is 0 Å². The van der Waals surface area contributed by atoms with Crippen LogP contribution in [-0.4, -0.2) is 18.5 Å². The average Bonchev–Trinajstić information content (AvgIpc) is 2.20. The number of hydrogen-bond donors (Lipinski definition) is 0. The van der Waals surface area contributed by atoms with Gasteiger partial charge in [0.25, 0.3) is 0 Å². The maximum Gasteiger partial charge on any atom is 0.0635 e. The van der Waals surface area contributed by atoms with Crippen molar-refractivity contribution in [3.8, 4) is 6.07 Å². The van der Waals surface area contributed by atoms with Gasteiger partial charge in [-0.2, -0.15) is 5.26 Å². The second kappa shape index (κ2) is 5.53. The SMILES string of the molecule is Cc1ccc(C)c(CN(C)CCC#N)c1. The van der Waals surface area contributed by atoms with Gasteiger partial charge in [0, 0.05) is 19.5 Å². The van der Waals surface area contributed by atoms with Crippen LogP contribution in [0.3, 0.4) is 0 Å². The van der Waals surface area contributed by atoms with E-state index in [-0.39, 0.29) is 0 Å². The van der Waals surface area contributed by atoms with Gasteiger partial charge in [0.2, 0.25) is 0 Å². The first kappa shape index (κ1) is 11.7. The van der Waals surface area contributed by atoms with Gasteiger partial charge in [0.15, 0.2) is 0 Å². The molecular weight excluding hydrogens is 184 g/mol. The van der Waals surface area contributed by atoms with E-state index < -0.39 is 0 Å². The van der Waals surface area contributed by atoms with E-state index in [1.807, 2.05) is 0 Å². The molecule has 0 radical (unpaired) electrons. The highest BCUT2D eigenvalue weighted by molar-refractivity contribution is 5.30. The zero-order chi connectivity index (χ0) is 11.3. The number of benzene rings is 1. The van der Waals surface area contributed by atoms with Crippen molar-refractivity contribution in [1.29, 1.82) is 5.26 Å². The second-order valence-corrected chi connectivity index (χ2v) is 4.08. The smallest absolute Gasteiger partial charge is 0.0635 e. The Morgan fingerprint density at radius 2 is 2.07 bits per heavy atom. The fraction of sp³-hybridized carbons (Fsp3) is 0.462.